The first-order valence-corrected chi connectivity index (χ1v) is 9.06. The van der Waals surface area contributed by atoms with Crippen LogP contribution in [0.15, 0.2) is 58.8 Å². The van der Waals surface area contributed by atoms with E-state index in [-0.39, 0.29) is 11.7 Å². The van der Waals surface area contributed by atoms with Crippen molar-refractivity contribution in [2.75, 3.05) is 22.5 Å². The fraction of sp³-hybridized carbons (Fsp3) is 0.0588. The summed E-state index contributed by atoms with van der Waals surface area (Å²) in [7, 11) is 0. The predicted octanol–water partition coefficient (Wildman–Crippen LogP) is 3.71. The second-order valence-electron chi connectivity index (χ2n) is 5.08. The monoisotopic (exact) mass is 356 g/mol. The van der Waals surface area contributed by atoms with Crippen LogP contribution in [0.5, 0.6) is 0 Å². The number of carbonyl (C=O) groups is 1. The number of nitrogens with two attached hydrogens (primary N) is 2. The molecule has 3 rings (SSSR count). The Labute approximate surface area is 148 Å². The number of hydrogen-bond donors (Lipinski definition) is 3. The van der Waals surface area contributed by atoms with Crippen LogP contribution in [0.1, 0.15) is 0 Å². The molecule has 0 radical (unpaired) electrons. The van der Waals surface area contributed by atoms with Gasteiger partial charge in [0.2, 0.25) is 5.91 Å². The third-order valence-corrected chi connectivity index (χ3v) is 4.87. The van der Waals surface area contributed by atoms with Gasteiger partial charge in [0, 0.05) is 27.2 Å². The highest BCUT2D eigenvalue weighted by Gasteiger charge is 2.09. The van der Waals surface area contributed by atoms with Gasteiger partial charge in [0.1, 0.15) is 0 Å². The maximum atomic E-state index is 12.1. The van der Waals surface area contributed by atoms with E-state index < -0.39 is 0 Å². The topological polar surface area (TPSA) is 94.0 Å². The van der Waals surface area contributed by atoms with Crippen molar-refractivity contribution >= 4 is 45.5 Å². The van der Waals surface area contributed by atoms with Crippen LogP contribution < -0.4 is 16.8 Å². The zero-order valence-corrected chi connectivity index (χ0v) is 14.4. The summed E-state index contributed by atoms with van der Waals surface area (Å²) in [6.07, 6.45) is 0. The van der Waals surface area contributed by atoms with Crippen LogP contribution in [0.2, 0.25) is 0 Å². The van der Waals surface area contributed by atoms with Gasteiger partial charge in [-0.2, -0.15) is 0 Å². The highest BCUT2D eigenvalue weighted by Crippen LogP contribution is 2.26. The first-order chi connectivity index (χ1) is 11.6. The molecule has 0 aliphatic heterocycles. The van der Waals surface area contributed by atoms with Crippen molar-refractivity contribution in [1.29, 1.82) is 0 Å². The summed E-state index contributed by atoms with van der Waals surface area (Å²) >= 11 is 2.79. The predicted molar refractivity (Wildman–Crippen MR) is 102 cm³/mol. The van der Waals surface area contributed by atoms with E-state index >= 15 is 0 Å². The van der Waals surface area contributed by atoms with Crippen LogP contribution in [0, 0.1) is 0 Å². The summed E-state index contributed by atoms with van der Waals surface area (Å²) in [5.41, 5.74) is 14.5. The zero-order valence-electron chi connectivity index (χ0n) is 12.7. The summed E-state index contributed by atoms with van der Waals surface area (Å²) in [5.74, 6) is 0.151. The molecule has 0 spiro atoms. The van der Waals surface area contributed by atoms with Crippen LogP contribution in [-0.2, 0) is 4.79 Å². The van der Waals surface area contributed by atoms with E-state index in [9.17, 15) is 4.79 Å². The number of hydrogen-bond acceptors (Lipinski definition) is 6. The van der Waals surface area contributed by atoms with Gasteiger partial charge in [-0.25, -0.2) is 4.98 Å². The van der Waals surface area contributed by atoms with Gasteiger partial charge in [-0.3, -0.25) is 4.79 Å². The van der Waals surface area contributed by atoms with Gasteiger partial charge >= 0.3 is 0 Å². The number of thioether (sulfide) groups is 1. The number of nitrogens with one attached hydrogen (secondary N) is 1. The number of nitrogen functional groups attached to an aromatic ring is 2. The lowest BCUT2D eigenvalue weighted by molar-refractivity contribution is -0.113. The first-order valence-electron chi connectivity index (χ1n) is 7.20. The smallest absolute Gasteiger partial charge is 0.236 e. The lowest BCUT2D eigenvalue weighted by Crippen LogP contribution is -2.13. The number of aromatic nitrogens is 1. The second-order valence-corrected chi connectivity index (χ2v) is 6.98. The number of thiazole rings is 1. The van der Waals surface area contributed by atoms with E-state index in [2.05, 4.69) is 10.3 Å². The highest BCUT2D eigenvalue weighted by molar-refractivity contribution is 8.00. The first kappa shape index (κ1) is 16.4. The lowest BCUT2D eigenvalue weighted by Gasteiger charge is -2.04. The normalized spacial score (nSPS) is 10.5. The maximum absolute atomic E-state index is 12.1. The van der Waals surface area contributed by atoms with E-state index in [1.807, 2.05) is 35.7 Å². The zero-order chi connectivity index (χ0) is 16.9. The van der Waals surface area contributed by atoms with Gasteiger partial charge in [-0.1, -0.05) is 30.3 Å². The molecule has 0 saturated carbocycles. The molecule has 7 heteroatoms. The minimum atomic E-state index is -0.116. The Balaban J connectivity index is 1.58. The minimum absolute atomic E-state index is 0.116. The van der Waals surface area contributed by atoms with E-state index in [0.29, 0.717) is 16.5 Å². The van der Waals surface area contributed by atoms with Crippen LogP contribution in [0.3, 0.4) is 0 Å². The van der Waals surface area contributed by atoms with E-state index in [4.69, 9.17) is 11.5 Å². The molecule has 0 atom stereocenters. The molecule has 2 aromatic carbocycles. The van der Waals surface area contributed by atoms with Gasteiger partial charge in [0.25, 0.3) is 0 Å². The Morgan fingerprint density at radius 1 is 1.12 bits per heavy atom. The maximum Gasteiger partial charge on any atom is 0.236 e. The Morgan fingerprint density at radius 3 is 2.54 bits per heavy atom. The van der Waals surface area contributed by atoms with Crippen molar-refractivity contribution < 1.29 is 4.79 Å². The number of rotatable bonds is 5. The Kier molecular flexibility index (Phi) is 5.02. The van der Waals surface area contributed by atoms with Crippen LogP contribution in [0.4, 0.5) is 16.5 Å². The third kappa shape index (κ3) is 4.27. The van der Waals surface area contributed by atoms with E-state index in [1.165, 1.54) is 23.1 Å². The van der Waals surface area contributed by atoms with Crippen LogP contribution >= 0.6 is 23.1 Å². The fourth-order valence-electron chi connectivity index (χ4n) is 2.11. The molecule has 0 fully saturated rings. The molecule has 0 aliphatic carbocycles. The Morgan fingerprint density at radius 2 is 1.83 bits per heavy atom. The highest BCUT2D eigenvalue weighted by atomic mass is 32.2. The molecule has 24 heavy (non-hydrogen) atoms. The molecule has 1 heterocycles. The molecule has 0 unspecified atom stereocenters. The van der Waals surface area contributed by atoms with Crippen molar-refractivity contribution in [3.63, 3.8) is 0 Å². The van der Waals surface area contributed by atoms with Crippen molar-refractivity contribution in [3.8, 4) is 11.3 Å². The van der Waals surface area contributed by atoms with Crippen molar-refractivity contribution in [2.24, 2.45) is 0 Å². The average molecular weight is 356 g/mol. The number of benzene rings is 2. The molecule has 0 aliphatic rings. The van der Waals surface area contributed by atoms with E-state index in [0.717, 1.165) is 16.2 Å². The molecule has 5 nitrogen and oxygen atoms in total. The van der Waals surface area contributed by atoms with Crippen molar-refractivity contribution in [2.45, 2.75) is 4.90 Å². The molecule has 3 aromatic rings. The van der Waals surface area contributed by atoms with Gasteiger partial charge in [0.05, 0.1) is 11.4 Å². The standard InChI is InChI=1S/C17H16N4OS2/c18-12-6-13(19)8-14(7-12)23-10-16(22)21-17-20-15(9-24-17)11-4-2-1-3-5-11/h1-9H,10,18-19H2,(H,20,21,22). The number of carbonyl (C=O) groups excluding carboxylic acids is 1. The van der Waals surface area contributed by atoms with Crippen LogP contribution in [-0.4, -0.2) is 16.6 Å². The van der Waals surface area contributed by atoms with Gasteiger partial charge in [-0.05, 0) is 18.2 Å². The Hall–Kier alpha value is -2.51. The number of anilines is 3. The molecular weight excluding hydrogens is 340 g/mol. The molecular formula is C17H16N4OS2. The summed E-state index contributed by atoms with van der Waals surface area (Å²) in [6, 6.07) is 15.1. The third-order valence-electron chi connectivity index (χ3n) is 3.14. The number of nitrogens with zero attached hydrogens (tertiary/aromatic N) is 1. The summed E-state index contributed by atoms with van der Waals surface area (Å²) in [4.78, 5) is 17.4. The summed E-state index contributed by atoms with van der Waals surface area (Å²) in [5, 5.41) is 5.33. The molecule has 1 amide bonds. The SMILES string of the molecule is Nc1cc(N)cc(SCC(=O)Nc2nc(-c3ccccc3)cs2)c1. The molecule has 0 bridgehead atoms. The molecule has 5 N–H and O–H groups in total. The van der Waals surface area contributed by atoms with Gasteiger partial charge in [0.15, 0.2) is 5.13 Å². The molecule has 122 valence electrons. The van der Waals surface area contributed by atoms with Gasteiger partial charge < -0.3 is 16.8 Å². The summed E-state index contributed by atoms with van der Waals surface area (Å²) in [6.45, 7) is 0. The largest absolute Gasteiger partial charge is 0.399 e. The number of amides is 1. The minimum Gasteiger partial charge on any atom is -0.399 e. The van der Waals surface area contributed by atoms with E-state index in [1.54, 1.807) is 18.2 Å². The second kappa shape index (κ2) is 7.37. The Bertz CT molecular complexity index is 829. The average Bonchev–Trinajstić information content (AvgIpc) is 3.01. The summed E-state index contributed by atoms with van der Waals surface area (Å²) < 4.78 is 0. The fourth-order valence-corrected chi connectivity index (χ4v) is 3.65. The lowest BCUT2D eigenvalue weighted by atomic mass is 10.2. The van der Waals surface area contributed by atoms with Crippen molar-refractivity contribution in [3.05, 3.63) is 53.9 Å². The molecule has 0 saturated heterocycles. The quantitative estimate of drug-likeness (QED) is 0.479. The van der Waals surface area contributed by atoms with Gasteiger partial charge in [-0.15, -0.1) is 23.1 Å². The molecule has 1 aromatic heterocycles. The van der Waals surface area contributed by atoms with Crippen LogP contribution in [0.25, 0.3) is 11.3 Å². The van der Waals surface area contributed by atoms with Crippen molar-refractivity contribution in [1.82, 2.24) is 4.98 Å².